The van der Waals surface area contributed by atoms with E-state index in [1.54, 1.807) is 12.1 Å². The second-order valence-corrected chi connectivity index (χ2v) is 8.29. The van der Waals surface area contributed by atoms with Crippen molar-refractivity contribution < 1.29 is 0 Å². The molecule has 142 valence electrons. The maximum atomic E-state index is 4.82. The summed E-state index contributed by atoms with van der Waals surface area (Å²) in [5.41, 5.74) is 5.31. The number of H-pyrrole nitrogens is 1. The topological polar surface area (TPSA) is 65.6 Å². The van der Waals surface area contributed by atoms with Gasteiger partial charge in [-0.25, -0.2) is 14.4 Å². The van der Waals surface area contributed by atoms with Crippen molar-refractivity contribution in [2.45, 2.75) is 57.5 Å². The maximum absolute atomic E-state index is 4.82. The molecule has 3 aromatic rings. The molecule has 27 heavy (non-hydrogen) atoms. The molecule has 3 aromatic heterocycles. The molecule has 1 fully saturated rings. The number of nitrogens with one attached hydrogen (secondary N) is 3. The summed E-state index contributed by atoms with van der Waals surface area (Å²) in [4.78, 5) is 12.8. The highest BCUT2D eigenvalue weighted by Gasteiger charge is 2.23. The minimum atomic E-state index is 0.494. The van der Waals surface area contributed by atoms with Gasteiger partial charge in [-0.2, -0.15) is 0 Å². The van der Waals surface area contributed by atoms with E-state index in [4.69, 9.17) is 4.98 Å². The highest BCUT2D eigenvalue weighted by atomic mass is 32.2. The van der Waals surface area contributed by atoms with Gasteiger partial charge in [-0.05, 0) is 75.8 Å². The lowest BCUT2D eigenvalue weighted by Crippen LogP contribution is -2.31. The van der Waals surface area contributed by atoms with Crippen molar-refractivity contribution in [3.63, 3.8) is 0 Å². The molecule has 0 aliphatic heterocycles. The molecule has 0 atom stereocenters. The number of aromatic nitrogens is 3. The summed E-state index contributed by atoms with van der Waals surface area (Å²) < 4.78 is 6.91. The predicted octanol–water partition coefficient (Wildman–Crippen LogP) is 4.80. The molecular formula is C21H27N5S. The number of hydrogen-bond donors (Lipinski definition) is 3. The fourth-order valence-corrected chi connectivity index (χ4v) is 4.37. The summed E-state index contributed by atoms with van der Waals surface area (Å²) in [7, 11) is 0. The predicted molar refractivity (Wildman–Crippen MR) is 113 cm³/mol. The van der Waals surface area contributed by atoms with Gasteiger partial charge in [0.15, 0.2) is 0 Å². The van der Waals surface area contributed by atoms with Crippen molar-refractivity contribution in [1.29, 1.82) is 0 Å². The van der Waals surface area contributed by atoms with Gasteiger partial charge in [0.05, 0.1) is 22.4 Å². The molecule has 1 saturated carbocycles. The molecule has 5 nitrogen and oxygen atoms in total. The van der Waals surface area contributed by atoms with E-state index in [1.807, 2.05) is 30.5 Å². The maximum Gasteiger partial charge on any atom is 0.0895 e. The second-order valence-electron chi connectivity index (χ2n) is 7.61. The van der Waals surface area contributed by atoms with E-state index < -0.39 is 0 Å². The third-order valence-electron chi connectivity index (χ3n) is 5.11. The molecule has 1 aliphatic carbocycles. The van der Waals surface area contributed by atoms with E-state index in [2.05, 4.69) is 45.4 Å². The van der Waals surface area contributed by atoms with Crippen molar-refractivity contribution in [3.05, 3.63) is 48.3 Å². The van der Waals surface area contributed by atoms with Gasteiger partial charge in [0.1, 0.15) is 0 Å². The van der Waals surface area contributed by atoms with E-state index in [1.165, 1.54) is 31.4 Å². The molecule has 0 amide bonds. The van der Waals surface area contributed by atoms with Gasteiger partial charge in [-0.3, -0.25) is 4.98 Å². The summed E-state index contributed by atoms with van der Waals surface area (Å²) in [6.07, 6.45) is 6.64. The normalized spacial score (nSPS) is 20.4. The number of hydrogen-bond acceptors (Lipinski definition) is 5. The number of rotatable bonds is 6. The molecule has 0 unspecified atom stereocenters. The first-order valence-corrected chi connectivity index (χ1v) is 10.6. The van der Waals surface area contributed by atoms with Crippen LogP contribution in [-0.2, 0) is 0 Å². The molecular weight excluding hydrogens is 354 g/mol. The van der Waals surface area contributed by atoms with E-state index in [0.29, 0.717) is 18.0 Å². The molecule has 1 aliphatic rings. The van der Waals surface area contributed by atoms with Crippen LogP contribution in [0.1, 0.15) is 51.1 Å². The number of fused-ring (bicyclic) bond motifs is 1. The van der Waals surface area contributed by atoms with Crippen molar-refractivity contribution in [2.75, 3.05) is 0 Å². The molecule has 0 radical (unpaired) electrons. The van der Waals surface area contributed by atoms with Gasteiger partial charge in [-0.15, -0.1) is 0 Å². The second kappa shape index (κ2) is 8.42. The lowest BCUT2D eigenvalue weighted by molar-refractivity contribution is 0.377. The average molecular weight is 382 g/mol. The lowest BCUT2D eigenvalue weighted by Gasteiger charge is -2.28. The van der Waals surface area contributed by atoms with Crippen LogP contribution < -0.4 is 9.44 Å². The zero-order valence-corrected chi connectivity index (χ0v) is 16.7. The Morgan fingerprint density at radius 3 is 2.67 bits per heavy atom. The third kappa shape index (κ3) is 4.51. The van der Waals surface area contributed by atoms with Gasteiger partial charge in [-0.1, -0.05) is 6.07 Å². The Hall–Kier alpha value is -1.89. The Bertz CT molecular complexity index is 869. The molecule has 0 spiro atoms. The smallest absolute Gasteiger partial charge is 0.0895 e. The lowest BCUT2D eigenvalue weighted by atomic mass is 9.84. The highest BCUT2D eigenvalue weighted by Crippen LogP contribution is 2.34. The Labute approximate surface area is 165 Å². The van der Waals surface area contributed by atoms with Gasteiger partial charge in [0, 0.05) is 36.1 Å². The zero-order chi connectivity index (χ0) is 18.6. The summed E-state index contributed by atoms with van der Waals surface area (Å²) in [6, 6.07) is 13.4. The minimum Gasteiger partial charge on any atom is -0.357 e. The van der Waals surface area contributed by atoms with Crippen LogP contribution in [0.2, 0.25) is 0 Å². The summed E-state index contributed by atoms with van der Waals surface area (Å²) in [5, 5.41) is 0. The van der Waals surface area contributed by atoms with E-state index >= 15 is 0 Å². The standard InChI is InChI=1S/C21H27N5S/c1-14(2)25-27-26-16-8-6-15(7-9-16)20-13-21-19(23-20)11-10-18(24-21)17-5-3-4-12-22-17/h3-5,10-16,23,25-26H,6-9H2,1-2H3. The SMILES string of the molecule is CC(C)NSNC1CCC(c2cc3nc(-c4ccccn4)ccc3[nH]2)CC1. The molecule has 0 saturated heterocycles. The van der Waals surface area contributed by atoms with Crippen LogP contribution in [0, 0.1) is 0 Å². The first kappa shape index (κ1) is 18.5. The number of pyridine rings is 2. The molecule has 4 rings (SSSR count). The molecule has 6 heteroatoms. The van der Waals surface area contributed by atoms with Crippen LogP contribution in [0.4, 0.5) is 0 Å². The highest BCUT2D eigenvalue weighted by molar-refractivity contribution is 7.95. The van der Waals surface area contributed by atoms with Crippen molar-refractivity contribution in [3.8, 4) is 11.4 Å². The van der Waals surface area contributed by atoms with Gasteiger partial charge < -0.3 is 4.98 Å². The molecule has 0 bridgehead atoms. The minimum absolute atomic E-state index is 0.494. The van der Waals surface area contributed by atoms with E-state index in [-0.39, 0.29) is 0 Å². The molecule has 3 N–H and O–H groups in total. The Balaban J connectivity index is 1.41. The fourth-order valence-electron chi connectivity index (χ4n) is 3.66. The third-order valence-corrected chi connectivity index (χ3v) is 6.15. The van der Waals surface area contributed by atoms with Crippen LogP contribution in [0.15, 0.2) is 42.6 Å². The van der Waals surface area contributed by atoms with Gasteiger partial charge in [0.2, 0.25) is 0 Å². The Morgan fingerprint density at radius 2 is 1.93 bits per heavy atom. The summed E-state index contributed by atoms with van der Waals surface area (Å²) in [5.74, 6) is 0.596. The van der Waals surface area contributed by atoms with Crippen LogP contribution in [0.25, 0.3) is 22.4 Å². The van der Waals surface area contributed by atoms with E-state index in [0.717, 1.165) is 22.4 Å². The Kier molecular flexibility index (Phi) is 5.76. The van der Waals surface area contributed by atoms with E-state index in [9.17, 15) is 0 Å². The average Bonchev–Trinajstić information content (AvgIpc) is 3.12. The van der Waals surface area contributed by atoms with Crippen LogP contribution in [-0.4, -0.2) is 27.0 Å². The van der Waals surface area contributed by atoms with Crippen LogP contribution >= 0.6 is 12.1 Å². The summed E-state index contributed by atoms with van der Waals surface area (Å²) >= 11 is 1.64. The number of aromatic amines is 1. The van der Waals surface area contributed by atoms with Crippen molar-refractivity contribution in [1.82, 2.24) is 24.4 Å². The van der Waals surface area contributed by atoms with Crippen LogP contribution in [0.3, 0.4) is 0 Å². The first-order chi connectivity index (χ1) is 13.2. The monoisotopic (exact) mass is 381 g/mol. The fraction of sp³-hybridized carbons (Fsp3) is 0.429. The number of nitrogens with zero attached hydrogens (tertiary/aromatic N) is 2. The largest absolute Gasteiger partial charge is 0.357 e. The van der Waals surface area contributed by atoms with Crippen LogP contribution in [0.5, 0.6) is 0 Å². The Morgan fingerprint density at radius 1 is 1.07 bits per heavy atom. The quantitative estimate of drug-likeness (QED) is 0.535. The zero-order valence-electron chi connectivity index (χ0n) is 15.9. The van der Waals surface area contributed by atoms with Crippen molar-refractivity contribution >= 4 is 23.2 Å². The molecule has 3 heterocycles. The molecule has 0 aromatic carbocycles. The van der Waals surface area contributed by atoms with Crippen molar-refractivity contribution in [2.24, 2.45) is 0 Å². The van der Waals surface area contributed by atoms with Gasteiger partial charge >= 0.3 is 0 Å². The summed E-state index contributed by atoms with van der Waals surface area (Å²) in [6.45, 7) is 4.32. The van der Waals surface area contributed by atoms with Gasteiger partial charge in [0.25, 0.3) is 0 Å². The first-order valence-electron chi connectivity index (χ1n) is 9.77.